The van der Waals surface area contributed by atoms with E-state index in [1.165, 1.54) is 5.56 Å². The van der Waals surface area contributed by atoms with Gasteiger partial charge in [-0.3, -0.25) is 4.79 Å². The average Bonchev–Trinajstić information content (AvgIpc) is 2.90. The van der Waals surface area contributed by atoms with Gasteiger partial charge in [0.05, 0.1) is 0 Å². The molecule has 118 valence electrons. The maximum absolute atomic E-state index is 10.5. The molecule has 0 aliphatic heterocycles. The van der Waals surface area contributed by atoms with Crippen molar-refractivity contribution in [1.82, 2.24) is 10.2 Å². The third-order valence-electron chi connectivity index (χ3n) is 2.85. The highest BCUT2D eigenvalue weighted by Gasteiger charge is 2.13. The van der Waals surface area contributed by atoms with Crippen molar-refractivity contribution in [3.05, 3.63) is 35.7 Å². The molecule has 0 fully saturated rings. The van der Waals surface area contributed by atoms with E-state index in [0.717, 1.165) is 11.8 Å². The van der Waals surface area contributed by atoms with Gasteiger partial charge in [-0.1, -0.05) is 44.7 Å². The largest absolute Gasteiger partial charge is 0.484 e. The summed E-state index contributed by atoms with van der Waals surface area (Å²) in [6.07, 6.45) is 0. The van der Waals surface area contributed by atoms with Crippen LogP contribution in [0.15, 0.2) is 33.9 Å². The number of aromatic nitrogens is 2. The maximum atomic E-state index is 10.5. The Bertz CT molecular complexity index is 632. The van der Waals surface area contributed by atoms with Crippen molar-refractivity contribution < 1.29 is 19.1 Å². The Morgan fingerprint density at radius 2 is 1.95 bits per heavy atom. The summed E-state index contributed by atoms with van der Waals surface area (Å²) in [5, 5.41) is 16.4. The Balaban J connectivity index is 1.89. The number of thioether (sulfide) groups is 1. The van der Waals surface area contributed by atoms with E-state index < -0.39 is 5.97 Å². The standard InChI is InChI=1S/C15H18N2O4S/c1-15(2,3)10-4-6-11(7-5-10)20-8-12-16-17-14(21-12)22-9-13(18)19/h4-7H,8-9H2,1-3H3,(H,18,19). The number of hydrogen-bond donors (Lipinski definition) is 1. The van der Waals surface area contributed by atoms with Crippen LogP contribution < -0.4 is 4.74 Å². The van der Waals surface area contributed by atoms with Crippen molar-refractivity contribution in [2.24, 2.45) is 0 Å². The molecule has 0 aliphatic carbocycles. The molecule has 0 radical (unpaired) electrons. The van der Waals surface area contributed by atoms with Crippen LogP contribution in [0.25, 0.3) is 0 Å². The fraction of sp³-hybridized carbons (Fsp3) is 0.400. The first-order valence-corrected chi connectivity index (χ1v) is 7.73. The quantitative estimate of drug-likeness (QED) is 0.818. The molecule has 7 heteroatoms. The number of benzene rings is 1. The fourth-order valence-electron chi connectivity index (χ4n) is 1.67. The van der Waals surface area contributed by atoms with Gasteiger partial charge in [0.15, 0.2) is 6.61 Å². The van der Waals surface area contributed by atoms with Gasteiger partial charge in [-0.05, 0) is 23.1 Å². The molecule has 0 bridgehead atoms. The molecule has 2 rings (SSSR count). The number of carboxylic acid groups (broad SMARTS) is 1. The van der Waals surface area contributed by atoms with Crippen LogP contribution in [0.2, 0.25) is 0 Å². The van der Waals surface area contributed by atoms with Gasteiger partial charge in [-0.25, -0.2) is 0 Å². The first-order chi connectivity index (χ1) is 10.3. The van der Waals surface area contributed by atoms with Gasteiger partial charge in [-0.2, -0.15) is 0 Å². The number of nitrogens with zero attached hydrogens (tertiary/aromatic N) is 2. The lowest BCUT2D eigenvalue weighted by molar-refractivity contribution is -0.133. The maximum Gasteiger partial charge on any atom is 0.314 e. The normalized spacial score (nSPS) is 11.4. The smallest absolute Gasteiger partial charge is 0.314 e. The summed E-state index contributed by atoms with van der Waals surface area (Å²) in [4.78, 5) is 10.5. The van der Waals surface area contributed by atoms with Gasteiger partial charge < -0.3 is 14.3 Å². The van der Waals surface area contributed by atoms with Crippen molar-refractivity contribution in [2.75, 3.05) is 5.75 Å². The minimum Gasteiger partial charge on any atom is -0.484 e. The Labute approximate surface area is 132 Å². The molecule has 0 unspecified atom stereocenters. The summed E-state index contributed by atoms with van der Waals surface area (Å²) in [6.45, 7) is 6.60. The predicted molar refractivity (Wildman–Crippen MR) is 82.1 cm³/mol. The summed E-state index contributed by atoms with van der Waals surface area (Å²) < 4.78 is 10.9. The van der Waals surface area contributed by atoms with E-state index in [1.807, 2.05) is 24.3 Å². The molecule has 0 atom stereocenters. The van der Waals surface area contributed by atoms with E-state index in [4.69, 9.17) is 14.3 Å². The molecule has 0 saturated heterocycles. The monoisotopic (exact) mass is 322 g/mol. The van der Waals surface area contributed by atoms with Gasteiger partial charge in [0, 0.05) is 0 Å². The molecule has 0 saturated carbocycles. The first-order valence-electron chi connectivity index (χ1n) is 6.75. The van der Waals surface area contributed by atoms with Crippen molar-refractivity contribution in [2.45, 2.75) is 38.0 Å². The number of hydrogen-bond acceptors (Lipinski definition) is 6. The molecule has 22 heavy (non-hydrogen) atoms. The Kier molecular flexibility index (Phi) is 5.07. The zero-order chi connectivity index (χ0) is 16.2. The van der Waals surface area contributed by atoms with Crippen molar-refractivity contribution in [3.63, 3.8) is 0 Å². The van der Waals surface area contributed by atoms with Crippen molar-refractivity contribution >= 4 is 17.7 Å². The van der Waals surface area contributed by atoms with Crippen LogP contribution in [0, 0.1) is 0 Å². The zero-order valence-corrected chi connectivity index (χ0v) is 13.5. The molecule has 1 heterocycles. The van der Waals surface area contributed by atoms with Gasteiger partial charge in [-0.15, -0.1) is 10.2 Å². The van der Waals surface area contributed by atoms with Crippen LogP contribution in [0.1, 0.15) is 32.2 Å². The van der Waals surface area contributed by atoms with E-state index in [1.54, 1.807) is 0 Å². The molecule has 1 aromatic carbocycles. The molecule has 6 nitrogen and oxygen atoms in total. The van der Waals surface area contributed by atoms with Gasteiger partial charge in [0.25, 0.3) is 11.1 Å². The average molecular weight is 322 g/mol. The highest BCUT2D eigenvalue weighted by Crippen LogP contribution is 2.24. The summed E-state index contributed by atoms with van der Waals surface area (Å²) in [7, 11) is 0. The van der Waals surface area contributed by atoms with Gasteiger partial charge in [0.2, 0.25) is 0 Å². The van der Waals surface area contributed by atoms with Crippen LogP contribution in [0.4, 0.5) is 0 Å². The predicted octanol–water partition coefficient (Wildman–Crippen LogP) is 3.12. The zero-order valence-electron chi connectivity index (χ0n) is 12.7. The van der Waals surface area contributed by atoms with E-state index in [-0.39, 0.29) is 23.0 Å². The van der Waals surface area contributed by atoms with Gasteiger partial charge in [0.1, 0.15) is 11.5 Å². The highest BCUT2D eigenvalue weighted by atomic mass is 32.2. The molecule has 0 aliphatic rings. The second kappa shape index (κ2) is 6.83. The third kappa shape index (κ3) is 4.77. The molecule has 0 spiro atoms. The number of rotatable bonds is 6. The molecule has 0 amide bonds. The second-order valence-corrected chi connectivity index (χ2v) is 6.63. The summed E-state index contributed by atoms with van der Waals surface area (Å²) in [5.41, 5.74) is 1.33. The van der Waals surface area contributed by atoms with Crippen LogP contribution in [0.5, 0.6) is 5.75 Å². The van der Waals surface area contributed by atoms with E-state index >= 15 is 0 Å². The highest BCUT2D eigenvalue weighted by molar-refractivity contribution is 7.99. The van der Waals surface area contributed by atoms with Crippen LogP contribution >= 0.6 is 11.8 Å². The number of aliphatic carboxylic acids is 1. The Morgan fingerprint density at radius 1 is 1.27 bits per heavy atom. The Hall–Kier alpha value is -2.02. The lowest BCUT2D eigenvalue weighted by Crippen LogP contribution is -2.10. The summed E-state index contributed by atoms with van der Waals surface area (Å²) in [6, 6.07) is 7.85. The van der Waals surface area contributed by atoms with Crippen LogP contribution in [0.3, 0.4) is 0 Å². The van der Waals surface area contributed by atoms with Crippen molar-refractivity contribution in [1.29, 1.82) is 0 Å². The SMILES string of the molecule is CC(C)(C)c1ccc(OCc2nnc(SCC(=O)O)o2)cc1. The number of carboxylic acids is 1. The lowest BCUT2D eigenvalue weighted by Gasteiger charge is -2.19. The first kappa shape index (κ1) is 16.4. The fourth-order valence-corrected chi connectivity index (χ4v) is 2.18. The number of ether oxygens (including phenoxy) is 1. The topological polar surface area (TPSA) is 85.5 Å². The van der Waals surface area contributed by atoms with Gasteiger partial charge >= 0.3 is 5.97 Å². The van der Waals surface area contributed by atoms with Crippen LogP contribution in [-0.4, -0.2) is 27.0 Å². The lowest BCUT2D eigenvalue weighted by atomic mass is 9.87. The minimum atomic E-state index is -0.931. The molecule has 1 aromatic heterocycles. The second-order valence-electron chi connectivity index (χ2n) is 5.71. The molecule has 2 aromatic rings. The molecular formula is C15H18N2O4S. The molecular weight excluding hydrogens is 304 g/mol. The van der Waals surface area contributed by atoms with E-state index in [0.29, 0.717) is 11.6 Å². The van der Waals surface area contributed by atoms with Crippen molar-refractivity contribution in [3.8, 4) is 5.75 Å². The summed E-state index contributed by atoms with van der Waals surface area (Å²) >= 11 is 0.980. The minimum absolute atomic E-state index is 0.0985. The Morgan fingerprint density at radius 3 is 2.55 bits per heavy atom. The van der Waals surface area contributed by atoms with E-state index in [2.05, 4.69) is 31.0 Å². The number of carbonyl (C=O) groups is 1. The third-order valence-corrected chi connectivity index (χ3v) is 3.65. The van der Waals surface area contributed by atoms with Crippen LogP contribution in [-0.2, 0) is 16.8 Å². The summed E-state index contributed by atoms with van der Waals surface area (Å²) in [5.74, 6) is -0.0183. The van der Waals surface area contributed by atoms with E-state index in [9.17, 15) is 4.79 Å². The molecule has 1 N–H and O–H groups in total.